The Labute approximate surface area is 194 Å². The Morgan fingerprint density at radius 2 is 2.03 bits per heavy atom. The molecule has 0 bridgehead atoms. The number of ether oxygens (including phenoxy) is 1. The topological polar surface area (TPSA) is 99.8 Å². The number of para-hydroxylation sites is 1. The summed E-state index contributed by atoms with van der Waals surface area (Å²) in [6.07, 6.45) is 0.539. The highest BCUT2D eigenvalue weighted by atomic mass is 79.9. The second-order valence-electron chi connectivity index (χ2n) is 7.55. The molecule has 166 valence electrons. The first-order valence-corrected chi connectivity index (χ1v) is 11.0. The van der Waals surface area contributed by atoms with Gasteiger partial charge in [0.15, 0.2) is 0 Å². The van der Waals surface area contributed by atoms with E-state index in [9.17, 15) is 14.4 Å². The molecule has 1 atom stereocenters. The third kappa shape index (κ3) is 4.20. The van der Waals surface area contributed by atoms with Crippen molar-refractivity contribution < 1.29 is 19.1 Å². The third-order valence-electron chi connectivity index (χ3n) is 5.55. The van der Waals surface area contributed by atoms with Crippen molar-refractivity contribution in [3.63, 3.8) is 0 Å². The van der Waals surface area contributed by atoms with E-state index in [4.69, 9.17) is 4.74 Å². The molecule has 2 aromatic rings. The maximum atomic E-state index is 12.9. The van der Waals surface area contributed by atoms with Crippen molar-refractivity contribution in [2.24, 2.45) is 0 Å². The molecule has 0 fully saturated rings. The summed E-state index contributed by atoms with van der Waals surface area (Å²) in [5, 5.41) is 8.53. The second kappa shape index (κ2) is 9.04. The highest BCUT2D eigenvalue weighted by Crippen LogP contribution is 2.40. The van der Waals surface area contributed by atoms with Gasteiger partial charge in [-0.3, -0.25) is 9.59 Å². The van der Waals surface area contributed by atoms with Crippen molar-refractivity contribution in [2.45, 2.75) is 19.4 Å². The average molecular weight is 499 g/mol. The maximum Gasteiger partial charge on any atom is 0.320 e. The lowest BCUT2D eigenvalue weighted by atomic mass is 9.91. The summed E-state index contributed by atoms with van der Waals surface area (Å²) in [4.78, 5) is 38.5. The first-order chi connectivity index (χ1) is 15.4. The molecule has 0 saturated carbocycles. The molecule has 1 unspecified atom stereocenters. The van der Waals surface area contributed by atoms with Gasteiger partial charge < -0.3 is 25.6 Å². The quantitative estimate of drug-likeness (QED) is 0.602. The maximum absolute atomic E-state index is 12.9. The van der Waals surface area contributed by atoms with Crippen LogP contribution in [0.4, 0.5) is 10.5 Å². The Bertz CT molecular complexity index is 1130. The minimum absolute atomic E-state index is 0.0895. The standard InChI is InChI=1S/C23H23BrN4O4/c1-13(29)25-12-20(30)28-10-9-16-21(14-7-8-19(32-2)17(24)11-14)26-23(31)27-22(16)15-5-3-4-6-18(15)28/h3-8,11,21H,9-10,12H2,1-2H3,(H,25,29)(H2,26,27,31). The second-order valence-corrected chi connectivity index (χ2v) is 8.40. The normalized spacial score (nSPS) is 17.4. The van der Waals surface area contributed by atoms with E-state index >= 15 is 0 Å². The van der Waals surface area contributed by atoms with Crippen LogP contribution in [0.2, 0.25) is 0 Å². The third-order valence-corrected chi connectivity index (χ3v) is 6.17. The predicted octanol–water partition coefficient (Wildman–Crippen LogP) is 3.10. The molecule has 0 radical (unpaired) electrons. The number of amides is 4. The number of hydrogen-bond acceptors (Lipinski definition) is 4. The van der Waals surface area contributed by atoms with Gasteiger partial charge in [0.05, 0.1) is 35.6 Å². The van der Waals surface area contributed by atoms with Crippen molar-refractivity contribution in [2.75, 3.05) is 25.1 Å². The number of methoxy groups -OCH3 is 1. The van der Waals surface area contributed by atoms with Gasteiger partial charge in [-0.15, -0.1) is 0 Å². The molecular weight excluding hydrogens is 476 g/mol. The summed E-state index contributed by atoms with van der Waals surface area (Å²) in [7, 11) is 1.60. The number of halogens is 1. The summed E-state index contributed by atoms with van der Waals surface area (Å²) in [5.74, 6) is 0.222. The predicted molar refractivity (Wildman–Crippen MR) is 124 cm³/mol. The molecule has 0 aliphatic carbocycles. The molecule has 8 nitrogen and oxygen atoms in total. The molecule has 2 aliphatic heterocycles. The summed E-state index contributed by atoms with van der Waals surface area (Å²) >= 11 is 3.52. The highest BCUT2D eigenvalue weighted by Gasteiger charge is 2.34. The fraction of sp³-hybridized carbons (Fsp3) is 0.261. The van der Waals surface area contributed by atoms with Crippen molar-refractivity contribution >= 4 is 45.2 Å². The Hall–Kier alpha value is -3.33. The molecule has 0 aromatic heterocycles. The van der Waals surface area contributed by atoms with Crippen molar-refractivity contribution in [1.29, 1.82) is 0 Å². The summed E-state index contributed by atoms with van der Waals surface area (Å²) in [5.41, 5.74) is 4.05. The van der Waals surface area contributed by atoms with E-state index in [-0.39, 0.29) is 30.4 Å². The fourth-order valence-corrected chi connectivity index (χ4v) is 4.63. The number of fused-ring (bicyclic) bond motifs is 2. The van der Waals surface area contributed by atoms with Crippen molar-refractivity contribution in [3.8, 4) is 5.75 Å². The number of benzene rings is 2. The number of nitrogens with one attached hydrogen (secondary N) is 3. The number of carbonyl (C=O) groups is 3. The molecule has 2 aromatic carbocycles. The minimum atomic E-state index is -0.362. The Balaban J connectivity index is 1.76. The lowest BCUT2D eigenvalue weighted by Crippen LogP contribution is -2.43. The van der Waals surface area contributed by atoms with Crippen LogP contribution in [-0.2, 0) is 9.59 Å². The van der Waals surface area contributed by atoms with Gasteiger partial charge in [-0.25, -0.2) is 4.79 Å². The van der Waals surface area contributed by atoms with Gasteiger partial charge in [-0.05, 0) is 51.7 Å². The average Bonchev–Trinajstić information content (AvgIpc) is 2.94. The fourth-order valence-electron chi connectivity index (χ4n) is 4.08. The summed E-state index contributed by atoms with van der Waals surface area (Å²) < 4.78 is 6.11. The number of rotatable bonds is 4. The van der Waals surface area contributed by atoms with Crippen molar-refractivity contribution in [3.05, 3.63) is 63.6 Å². The van der Waals surface area contributed by atoms with E-state index < -0.39 is 0 Å². The van der Waals surface area contributed by atoms with Gasteiger partial charge in [-0.2, -0.15) is 0 Å². The van der Waals surface area contributed by atoms with E-state index in [1.165, 1.54) is 6.92 Å². The molecule has 0 saturated heterocycles. The molecule has 2 aliphatic rings. The monoisotopic (exact) mass is 498 g/mol. The first-order valence-electron chi connectivity index (χ1n) is 10.2. The van der Waals surface area contributed by atoms with Crippen LogP contribution in [0, 0.1) is 0 Å². The van der Waals surface area contributed by atoms with Crippen LogP contribution >= 0.6 is 15.9 Å². The molecule has 4 rings (SSSR count). The van der Waals surface area contributed by atoms with Crippen LogP contribution < -0.4 is 25.6 Å². The summed E-state index contributed by atoms with van der Waals surface area (Å²) in [6, 6.07) is 12.5. The van der Waals surface area contributed by atoms with Crippen LogP contribution in [-0.4, -0.2) is 38.0 Å². The molecular formula is C23H23BrN4O4. The van der Waals surface area contributed by atoms with Crippen molar-refractivity contribution in [1.82, 2.24) is 16.0 Å². The van der Waals surface area contributed by atoms with Gasteiger partial charge in [0.1, 0.15) is 5.75 Å². The number of hydrogen-bond donors (Lipinski definition) is 3. The van der Waals surface area contributed by atoms with Gasteiger partial charge in [0.25, 0.3) is 0 Å². The number of anilines is 1. The molecule has 32 heavy (non-hydrogen) atoms. The molecule has 0 spiro atoms. The Kier molecular flexibility index (Phi) is 6.18. The Morgan fingerprint density at radius 3 is 2.75 bits per heavy atom. The van der Waals surface area contributed by atoms with Crippen LogP contribution in [0.1, 0.15) is 30.5 Å². The zero-order chi connectivity index (χ0) is 22.8. The smallest absolute Gasteiger partial charge is 0.320 e. The van der Waals surface area contributed by atoms with Gasteiger partial charge in [0, 0.05) is 19.0 Å². The summed E-state index contributed by atoms with van der Waals surface area (Å²) in [6.45, 7) is 1.70. The van der Waals surface area contributed by atoms with Crippen LogP contribution in [0.15, 0.2) is 52.5 Å². The lowest BCUT2D eigenvalue weighted by Gasteiger charge is -2.30. The molecule has 3 N–H and O–H groups in total. The first kappa shape index (κ1) is 21.9. The highest BCUT2D eigenvalue weighted by molar-refractivity contribution is 9.10. The van der Waals surface area contributed by atoms with Gasteiger partial charge in [-0.1, -0.05) is 24.3 Å². The van der Waals surface area contributed by atoms with Crippen LogP contribution in [0.3, 0.4) is 0 Å². The SMILES string of the molecule is COc1ccc(C2NC(=O)NC3=C2CCN(C(=O)CNC(C)=O)c2ccccc23)cc1Br. The molecule has 2 heterocycles. The molecule has 9 heteroatoms. The largest absolute Gasteiger partial charge is 0.496 e. The zero-order valence-corrected chi connectivity index (χ0v) is 19.3. The Morgan fingerprint density at radius 1 is 1.25 bits per heavy atom. The van der Waals surface area contributed by atoms with E-state index in [0.29, 0.717) is 30.1 Å². The van der Waals surface area contributed by atoms with E-state index in [1.54, 1.807) is 12.0 Å². The number of carbonyl (C=O) groups excluding carboxylic acids is 3. The van der Waals surface area contributed by atoms with E-state index in [0.717, 1.165) is 21.2 Å². The van der Waals surface area contributed by atoms with Gasteiger partial charge >= 0.3 is 6.03 Å². The molecule has 4 amide bonds. The van der Waals surface area contributed by atoms with Crippen LogP contribution in [0.25, 0.3) is 5.70 Å². The minimum Gasteiger partial charge on any atom is -0.496 e. The lowest BCUT2D eigenvalue weighted by molar-refractivity contribution is -0.123. The van der Waals surface area contributed by atoms with Gasteiger partial charge in [0.2, 0.25) is 11.8 Å². The van der Waals surface area contributed by atoms with E-state index in [2.05, 4.69) is 31.9 Å². The number of urea groups is 1. The van der Waals surface area contributed by atoms with Crippen LogP contribution in [0.5, 0.6) is 5.75 Å². The number of nitrogens with zero attached hydrogens (tertiary/aromatic N) is 1. The van der Waals surface area contributed by atoms with E-state index in [1.807, 2.05) is 42.5 Å². The zero-order valence-electron chi connectivity index (χ0n) is 17.7.